The van der Waals surface area contributed by atoms with E-state index in [-0.39, 0.29) is 4.90 Å². The van der Waals surface area contributed by atoms with E-state index in [9.17, 15) is 8.42 Å². The molecule has 0 aliphatic heterocycles. The Hall–Kier alpha value is -3.39. The van der Waals surface area contributed by atoms with E-state index < -0.39 is 10.0 Å². The quantitative estimate of drug-likeness (QED) is 0.522. The maximum atomic E-state index is 12.6. The number of nitrogens with zero attached hydrogens (tertiary/aromatic N) is 3. The van der Waals surface area contributed by atoms with Crippen LogP contribution in [0.25, 0.3) is 16.7 Å². The summed E-state index contributed by atoms with van der Waals surface area (Å²) in [5, 5.41) is 8.92. The van der Waals surface area contributed by atoms with E-state index in [0.29, 0.717) is 23.3 Å². The van der Waals surface area contributed by atoms with Crippen LogP contribution in [0.15, 0.2) is 71.6 Å². The summed E-state index contributed by atoms with van der Waals surface area (Å²) < 4.78 is 33.2. The van der Waals surface area contributed by atoms with Crippen molar-refractivity contribution in [1.29, 1.82) is 0 Å². The number of rotatable bonds is 6. The molecule has 0 spiro atoms. The van der Waals surface area contributed by atoms with Crippen molar-refractivity contribution in [2.45, 2.75) is 18.7 Å². The van der Waals surface area contributed by atoms with Gasteiger partial charge in [-0.1, -0.05) is 17.7 Å². The SMILES string of the molecule is CCOc1ccc(-n2nc3ccc(NS(=O)(=O)c4ccc(C)cc4)cc3n2)cc1. The van der Waals surface area contributed by atoms with E-state index in [0.717, 1.165) is 17.0 Å². The fourth-order valence-electron chi connectivity index (χ4n) is 2.87. The molecule has 29 heavy (non-hydrogen) atoms. The Morgan fingerprint density at radius 1 is 0.931 bits per heavy atom. The Balaban J connectivity index is 1.60. The zero-order valence-electron chi connectivity index (χ0n) is 16.0. The molecule has 0 amide bonds. The second-order valence-corrected chi connectivity index (χ2v) is 8.22. The molecule has 0 aliphatic carbocycles. The third-order valence-electron chi connectivity index (χ3n) is 4.34. The highest BCUT2D eigenvalue weighted by molar-refractivity contribution is 7.92. The summed E-state index contributed by atoms with van der Waals surface area (Å²) in [6.45, 7) is 4.44. The van der Waals surface area contributed by atoms with E-state index in [1.165, 1.54) is 4.80 Å². The van der Waals surface area contributed by atoms with Crippen LogP contribution in [0.3, 0.4) is 0 Å². The first-order valence-electron chi connectivity index (χ1n) is 9.14. The molecular weight excluding hydrogens is 388 g/mol. The molecule has 1 heterocycles. The van der Waals surface area contributed by atoms with Crippen molar-refractivity contribution in [3.05, 3.63) is 72.3 Å². The van der Waals surface area contributed by atoms with Crippen LogP contribution in [0.4, 0.5) is 5.69 Å². The summed E-state index contributed by atoms with van der Waals surface area (Å²) in [5.74, 6) is 0.778. The molecule has 7 nitrogen and oxygen atoms in total. The number of anilines is 1. The predicted octanol–water partition coefficient (Wildman–Crippen LogP) is 3.93. The third kappa shape index (κ3) is 4.07. The van der Waals surface area contributed by atoms with Crippen molar-refractivity contribution in [2.75, 3.05) is 11.3 Å². The highest BCUT2D eigenvalue weighted by atomic mass is 32.2. The number of nitrogens with one attached hydrogen (secondary N) is 1. The second kappa shape index (κ2) is 7.56. The van der Waals surface area contributed by atoms with Crippen molar-refractivity contribution in [2.24, 2.45) is 0 Å². The fourth-order valence-corrected chi connectivity index (χ4v) is 3.92. The maximum Gasteiger partial charge on any atom is 0.261 e. The van der Waals surface area contributed by atoms with Crippen molar-refractivity contribution >= 4 is 26.7 Å². The zero-order chi connectivity index (χ0) is 20.4. The molecule has 0 saturated carbocycles. The van der Waals surface area contributed by atoms with Gasteiger partial charge in [0, 0.05) is 0 Å². The largest absolute Gasteiger partial charge is 0.494 e. The number of fused-ring (bicyclic) bond motifs is 1. The van der Waals surface area contributed by atoms with E-state index >= 15 is 0 Å². The molecule has 4 rings (SSSR count). The first kappa shape index (κ1) is 18.9. The lowest BCUT2D eigenvalue weighted by Crippen LogP contribution is -2.12. The average molecular weight is 408 g/mol. The summed E-state index contributed by atoms with van der Waals surface area (Å²) >= 11 is 0. The third-order valence-corrected chi connectivity index (χ3v) is 5.74. The molecule has 1 aromatic heterocycles. The number of hydrogen-bond acceptors (Lipinski definition) is 5. The van der Waals surface area contributed by atoms with Crippen LogP contribution in [-0.4, -0.2) is 30.0 Å². The van der Waals surface area contributed by atoms with Gasteiger partial charge in [-0.05, 0) is 68.4 Å². The van der Waals surface area contributed by atoms with Crippen LogP contribution < -0.4 is 9.46 Å². The Bertz CT molecular complexity index is 1250. The predicted molar refractivity (Wildman–Crippen MR) is 112 cm³/mol. The molecule has 0 fully saturated rings. The van der Waals surface area contributed by atoms with Gasteiger partial charge in [-0.15, -0.1) is 10.2 Å². The molecule has 1 N–H and O–H groups in total. The van der Waals surface area contributed by atoms with Crippen LogP contribution >= 0.6 is 0 Å². The minimum atomic E-state index is -3.67. The van der Waals surface area contributed by atoms with E-state index in [1.807, 2.05) is 38.1 Å². The fraction of sp³-hybridized carbons (Fsp3) is 0.143. The summed E-state index contributed by atoms with van der Waals surface area (Å²) in [7, 11) is -3.67. The number of benzene rings is 3. The molecule has 8 heteroatoms. The molecule has 0 atom stereocenters. The van der Waals surface area contributed by atoms with Gasteiger partial charge in [0.2, 0.25) is 0 Å². The van der Waals surface area contributed by atoms with Crippen molar-refractivity contribution in [3.63, 3.8) is 0 Å². The molecule has 148 valence electrons. The Morgan fingerprint density at radius 2 is 1.62 bits per heavy atom. The molecule has 0 aliphatic rings. The zero-order valence-corrected chi connectivity index (χ0v) is 16.8. The molecule has 0 saturated heterocycles. The number of hydrogen-bond donors (Lipinski definition) is 1. The highest BCUT2D eigenvalue weighted by Gasteiger charge is 2.15. The van der Waals surface area contributed by atoms with Gasteiger partial charge in [-0.2, -0.15) is 4.80 Å². The van der Waals surface area contributed by atoms with Crippen LogP contribution in [-0.2, 0) is 10.0 Å². The van der Waals surface area contributed by atoms with Gasteiger partial charge in [-0.3, -0.25) is 4.72 Å². The van der Waals surface area contributed by atoms with Crippen molar-refractivity contribution < 1.29 is 13.2 Å². The highest BCUT2D eigenvalue weighted by Crippen LogP contribution is 2.21. The van der Waals surface area contributed by atoms with Gasteiger partial charge >= 0.3 is 0 Å². The standard InChI is InChI=1S/C21H20N4O3S/c1-3-28-18-9-7-17(8-10-18)25-22-20-13-6-16(14-21(20)23-25)24-29(26,27)19-11-4-15(2)5-12-19/h4-14,24H,3H2,1-2H3. The summed E-state index contributed by atoms with van der Waals surface area (Å²) in [4.78, 5) is 1.72. The molecule has 4 aromatic rings. The smallest absolute Gasteiger partial charge is 0.261 e. The van der Waals surface area contributed by atoms with Gasteiger partial charge in [0.1, 0.15) is 16.8 Å². The van der Waals surface area contributed by atoms with Gasteiger partial charge in [0.05, 0.1) is 22.9 Å². The average Bonchev–Trinajstić information content (AvgIpc) is 3.12. The van der Waals surface area contributed by atoms with Crippen LogP contribution in [0.1, 0.15) is 12.5 Å². The Morgan fingerprint density at radius 3 is 2.31 bits per heavy atom. The lowest BCUT2D eigenvalue weighted by molar-refractivity contribution is 0.340. The van der Waals surface area contributed by atoms with Crippen molar-refractivity contribution in [1.82, 2.24) is 15.0 Å². The summed E-state index contributed by atoms with van der Waals surface area (Å²) in [6, 6.07) is 19.2. The number of sulfonamides is 1. The monoisotopic (exact) mass is 408 g/mol. The van der Waals surface area contributed by atoms with E-state index in [4.69, 9.17) is 4.74 Å². The normalized spacial score (nSPS) is 11.5. The summed E-state index contributed by atoms with van der Waals surface area (Å²) in [5.41, 5.74) is 3.46. The summed E-state index contributed by atoms with van der Waals surface area (Å²) in [6.07, 6.45) is 0. The molecule has 3 aromatic carbocycles. The van der Waals surface area contributed by atoms with E-state index in [1.54, 1.807) is 42.5 Å². The molecule has 0 radical (unpaired) electrons. The Labute approximate surface area is 169 Å². The maximum absolute atomic E-state index is 12.6. The van der Waals surface area contributed by atoms with Gasteiger partial charge in [0.25, 0.3) is 10.0 Å². The van der Waals surface area contributed by atoms with Crippen LogP contribution in [0, 0.1) is 6.92 Å². The van der Waals surface area contributed by atoms with Crippen molar-refractivity contribution in [3.8, 4) is 11.4 Å². The minimum absolute atomic E-state index is 0.209. The first-order chi connectivity index (χ1) is 13.9. The molecule has 0 unspecified atom stereocenters. The number of ether oxygens (including phenoxy) is 1. The lowest BCUT2D eigenvalue weighted by atomic mass is 10.2. The molecular formula is C21H20N4O3S. The van der Waals surface area contributed by atoms with Gasteiger partial charge < -0.3 is 4.74 Å². The van der Waals surface area contributed by atoms with Crippen LogP contribution in [0.5, 0.6) is 5.75 Å². The van der Waals surface area contributed by atoms with Gasteiger partial charge in [0.15, 0.2) is 0 Å². The van der Waals surface area contributed by atoms with E-state index in [2.05, 4.69) is 14.9 Å². The second-order valence-electron chi connectivity index (χ2n) is 6.54. The first-order valence-corrected chi connectivity index (χ1v) is 10.6. The molecule has 0 bridgehead atoms. The Kier molecular flexibility index (Phi) is 4.94. The minimum Gasteiger partial charge on any atom is -0.494 e. The topological polar surface area (TPSA) is 86.1 Å². The number of aryl methyl sites for hydroxylation is 1. The van der Waals surface area contributed by atoms with Gasteiger partial charge in [-0.25, -0.2) is 8.42 Å². The van der Waals surface area contributed by atoms with Crippen LogP contribution in [0.2, 0.25) is 0 Å². The number of aromatic nitrogens is 3. The lowest BCUT2D eigenvalue weighted by Gasteiger charge is -2.08.